The second-order valence-electron chi connectivity index (χ2n) is 5.60. The summed E-state index contributed by atoms with van der Waals surface area (Å²) in [4.78, 5) is 11.6. The summed E-state index contributed by atoms with van der Waals surface area (Å²) in [6.45, 7) is 1.85. The number of furan rings is 1. The quantitative estimate of drug-likeness (QED) is 0.590. The molecule has 0 aliphatic rings. The molecule has 0 radical (unpaired) electrons. The average molecular weight is 430 g/mol. The van der Waals surface area contributed by atoms with E-state index in [0.29, 0.717) is 6.07 Å². The van der Waals surface area contributed by atoms with E-state index in [1.165, 1.54) is 24.3 Å². The average Bonchev–Trinajstić information content (AvgIpc) is 3.31. The summed E-state index contributed by atoms with van der Waals surface area (Å²) in [6, 6.07) is 8.25. The second-order valence-corrected chi connectivity index (χ2v) is 7.21. The van der Waals surface area contributed by atoms with E-state index in [1.807, 2.05) is 0 Å². The maximum absolute atomic E-state index is 12.6. The van der Waals surface area contributed by atoms with Crippen LogP contribution in [0.1, 0.15) is 23.0 Å². The van der Waals surface area contributed by atoms with Gasteiger partial charge in [-0.1, -0.05) is 5.16 Å². The third-order valence-electron chi connectivity index (χ3n) is 3.54. The molecule has 0 saturated carbocycles. The Hall–Kier alpha value is -3.28. The van der Waals surface area contributed by atoms with Gasteiger partial charge < -0.3 is 13.7 Å². The molecule has 0 bridgehead atoms. The number of nitrogens with zero attached hydrogens (tertiary/aromatic N) is 1. The molecule has 1 aromatic carbocycles. The van der Waals surface area contributed by atoms with E-state index in [1.54, 1.807) is 6.92 Å². The van der Waals surface area contributed by atoms with Crippen molar-refractivity contribution in [1.82, 2.24) is 5.16 Å². The van der Waals surface area contributed by atoms with Crippen LogP contribution in [0.15, 0.2) is 56.5 Å². The molecular weight excluding hydrogens is 417 g/mol. The van der Waals surface area contributed by atoms with E-state index in [2.05, 4.69) is 14.4 Å². The van der Waals surface area contributed by atoms with Crippen LogP contribution < -0.4 is 4.72 Å². The first-order valence-electron chi connectivity index (χ1n) is 8.04. The van der Waals surface area contributed by atoms with Gasteiger partial charge in [0.2, 0.25) is 10.9 Å². The first-order valence-corrected chi connectivity index (χ1v) is 9.52. The fraction of sp³-hybridized carbons (Fsp3) is 0.176. The number of alkyl halides is 3. The lowest BCUT2D eigenvalue weighted by Gasteiger charge is -2.07. The molecule has 29 heavy (non-hydrogen) atoms. The van der Waals surface area contributed by atoms with Crippen LogP contribution in [0.2, 0.25) is 0 Å². The largest absolute Gasteiger partial charge is 0.462 e. The summed E-state index contributed by atoms with van der Waals surface area (Å²) in [6.07, 6.45) is -4.73. The van der Waals surface area contributed by atoms with Gasteiger partial charge in [0.05, 0.1) is 12.2 Å². The van der Waals surface area contributed by atoms with Crippen molar-refractivity contribution in [2.45, 2.75) is 18.2 Å². The highest BCUT2D eigenvalue weighted by molar-refractivity contribution is 7.92. The number of halogens is 3. The van der Waals surface area contributed by atoms with Crippen molar-refractivity contribution >= 4 is 21.7 Å². The van der Waals surface area contributed by atoms with Gasteiger partial charge in [-0.3, -0.25) is 4.72 Å². The van der Waals surface area contributed by atoms with Gasteiger partial charge in [0.15, 0.2) is 5.76 Å². The third kappa shape index (κ3) is 4.59. The summed E-state index contributed by atoms with van der Waals surface area (Å²) in [5, 5.41) is 2.68. The Bertz CT molecular complexity index is 1120. The molecule has 12 heteroatoms. The number of hydrogen-bond donors (Lipinski definition) is 1. The van der Waals surface area contributed by atoms with Crippen LogP contribution in [0, 0.1) is 0 Å². The lowest BCUT2D eigenvalue weighted by Crippen LogP contribution is -2.12. The van der Waals surface area contributed by atoms with E-state index in [9.17, 15) is 26.4 Å². The molecule has 0 atom stereocenters. The highest BCUT2D eigenvalue weighted by atomic mass is 32.2. The Balaban J connectivity index is 1.77. The minimum atomic E-state index is -4.73. The van der Waals surface area contributed by atoms with E-state index < -0.39 is 33.0 Å². The Morgan fingerprint density at radius 2 is 1.86 bits per heavy atom. The van der Waals surface area contributed by atoms with Crippen molar-refractivity contribution in [1.29, 1.82) is 0 Å². The maximum Gasteiger partial charge on any atom is 0.452 e. The van der Waals surface area contributed by atoms with Crippen molar-refractivity contribution in [2.24, 2.45) is 0 Å². The van der Waals surface area contributed by atoms with Gasteiger partial charge >= 0.3 is 12.1 Å². The zero-order valence-corrected chi connectivity index (χ0v) is 15.5. The number of anilines is 1. The van der Waals surface area contributed by atoms with E-state index in [0.717, 1.165) is 12.1 Å². The molecule has 0 amide bonds. The van der Waals surface area contributed by atoms with Gasteiger partial charge in [0.1, 0.15) is 5.69 Å². The number of hydrogen-bond acceptors (Lipinski definition) is 7. The molecule has 0 spiro atoms. The zero-order valence-electron chi connectivity index (χ0n) is 14.7. The number of rotatable bonds is 6. The molecule has 0 aliphatic carbocycles. The molecule has 8 nitrogen and oxygen atoms in total. The van der Waals surface area contributed by atoms with E-state index >= 15 is 0 Å². The summed E-state index contributed by atoms with van der Waals surface area (Å²) >= 11 is 0. The molecule has 3 rings (SSSR count). The molecule has 0 fully saturated rings. The molecular formula is C17H13F3N2O6S. The number of esters is 1. The third-order valence-corrected chi connectivity index (χ3v) is 4.79. The molecule has 2 aromatic heterocycles. The van der Waals surface area contributed by atoms with Crippen LogP contribution >= 0.6 is 0 Å². The minimum Gasteiger partial charge on any atom is -0.462 e. The minimum absolute atomic E-state index is 0.136. The van der Waals surface area contributed by atoms with Crippen molar-refractivity contribution in [3.05, 3.63) is 53.8 Å². The number of nitrogens with one attached hydrogen (secondary N) is 1. The SMILES string of the molecule is CCOC(=O)c1ccc(NS(=O)(=O)c2ccc(-c3cc(C(F)(F)F)on3)o2)cc1. The zero-order chi connectivity index (χ0) is 21.2. The summed E-state index contributed by atoms with van der Waals surface area (Å²) in [5.74, 6) is -2.11. The van der Waals surface area contributed by atoms with Crippen LogP contribution in [0.25, 0.3) is 11.5 Å². The van der Waals surface area contributed by atoms with Crippen molar-refractivity contribution in [2.75, 3.05) is 11.3 Å². The van der Waals surface area contributed by atoms with Crippen LogP contribution in [-0.4, -0.2) is 26.2 Å². The lowest BCUT2D eigenvalue weighted by atomic mass is 10.2. The van der Waals surface area contributed by atoms with Crippen LogP contribution in [-0.2, 0) is 20.9 Å². The van der Waals surface area contributed by atoms with Gasteiger partial charge in [-0.15, -0.1) is 0 Å². The molecule has 2 heterocycles. The number of benzene rings is 1. The van der Waals surface area contributed by atoms with Crippen LogP contribution in [0.5, 0.6) is 0 Å². The van der Waals surface area contributed by atoms with Crippen molar-refractivity contribution in [3.8, 4) is 11.5 Å². The summed E-state index contributed by atoms with van der Waals surface area (Å²) in [7, 11) is -4.18. The maximum atomic E-state index is 12.6. The monoisotopic (exact) mass is 430 g/mol. The number of aromatic nitrogens is 1. The predicted molar refractivity (Wildman–Crippen MR) is 92.4 cm³/mol. The number of carbonyl (C=O) groups excluding carboxylic acids is 1. The predicted octanol–water partition coefficient (Wildman–Crippen LogP) is 3.93. The second kappa shape index (κ2) is 7.62. The Kier molecular flexibility index (Phi) is 5.38. The lowest BCUT2D eigenvalue weighted by molar-refractivity contribution is -0.155. The molecule has 0 unspecified atom stereocenters. The van der Waals surface area contributed by atoms with E-state index in [4.69, 9.17) is 9.15 Å². The standard InChI is InChI=1S/C17H13F3N2O6S/c1-2-26-16(23)10-3-5-11(6-4-10)22-29(24,25)15-8-7-13(27-15)12-9-14(28-21-12)17(18,19)20/h3-9,22H,2H2,1H3. The fourth-order valence-electron chi connectivity index (χ4n) is 2.22. The summed E-state index contributed by atoms with van der Waals surface area (Å²) in [5.41, 5.74) is 0.0657. The number of sulfonamides is 1. The smallest absolute Gasteiger partial charge is 0.452 e. The number of carbonyl (C=O) groups is 1. The molecule has 3 aromatic rings. The van der Waals surface area contributed by atoms with Crippen molar-refractivity contribution in [3.63, 3.8) is 0 Å². The first-order chi connectivity index (χ1) is 13.6. The fourth-order valence-corrected chi connectivity index (χ4v) is 3.22. The van der Waals surface area contributed by atoms with E-state index in [-0.39, 0.29) is 29.3 Å². The Labute approximate surface area is 162 Å². The van der Waals surface area contributed by atoms with Gasteiger partial charge in [-0.25, -0.2) is 4.79 Å². The van der Waals surface area contributed by atoms with Crippen LogP contribution in [0.4, 0.5) is 18.9 Å². The summed E-state index contributed by atoms with van der Waals surface area (Å²) < 4.78 is 78.9. The molecule has 154 valence electrons. The topological polar surface area (TPSA) is 112 Å². The first kappa shape index (κ1) is 20.5. The molecule has 1 N–H and O–H groups in total. The van der Waals surface area contributed by atoms with Gasteiger partial charge in [-0.2, -0.15) is 21.6 Å². The Morgan fingerprint density at radius 3 is 2.45 bits per heavy atom. The van der Waals surface area contributed by atoms with Crippen molar-refractivity contribution < 1.29 is 40.1 Å². The highest BCUT2D eigenvalue weighted by Gasteiger charge is 2.36. The normalized spacial score (nSPS) is 12.0. The van der Waals surface area contributed by atoms with Crippen LogP contribution in [0.3, 0.4) is 0 Å². The number of ether oxygens (including phenoxy) is 1. The Morgan fingerprint density at radius 1 is 1.17 bits per heavy atom. The highest BCUT2D eigenvalue weighted by Crippen LogP contribution is 2.33. The van der Waals surface area contributed by atoms with Gasteiger partial charge in [0.25, 0.3) is 10.0 Å². The molecule has 0 saturated heterocycles. The van der Waals surface area contributed by atoms with Gasteiger partial charge in [-0.05, 0) is 43.3 Å². The van der Waals surface area contributed by atoms with Gasteiger partial charge in [0, 0.05) is 11.8 Å². The molecule has 0 aliphatic heterocycles.